The number of hydrogen-bond donors (Lipinski definition) is 0. The summed E-state index contributed by atoms with van der Waals surface area (Å²) in [7, 11) is 0. The number of aromatic nitrogens is 2. The van der Waals surface area contributed by atoms with Gasteiger partial charge in [-0.1, -0.05) is 29.3 Å². The van der Waals surface area contributed by atoms with Crippen molar-refractivity contribution in [1.29, 1.82) is 0 Å². The van der Waals surface area contributed by atoms with Gasteiger partial charge >= 0.3 is 0 Å². The Morgan fingerprint density at radius 1 is 1.35 bits per heavy atom. The molecule has 0 fully saturated rings. The van der Waals surface area contributed by atoms with Gasteiger partial charge in [0.25, 0.3) is 0 Å². The Balaban J connectivity index is 0.00000144. The molecule has 0 saturated carbocycles. The van der Waals surface area contributed by atoms with Gasteiger partial charge in [0.05, 0.1) is 6.33 Å². The Bertz CT molecular complexity index is 519. The predicted molar refractivity (Wildman–Crippen MR) is 75.8 cm³/mol. The van der Waals surface area contributed by atoms with E-state index in [-0.39, 0.29) is 12.4 Å². The van der Waals surface area contributed by atoms with E-state index in [0.717, 1.165) is 11.1 Å². The van der Waals surface area contributed by atoms with Gasteiger partial charge in [-0.25, -0.2) is 4.98 Å². The third-order valence-electron chi connectivity index (χ3n) is 2.22. The van der Waals surface area contributed by atoms with E-state index in [0.29, 0.717) is 10.0 Å². The van der Waals surface area contributed by atoms with Crippen LogP contribution in [0.4, 0.5) is 0 Å². The summed E-state index contributed by atoms with van der Waals surface area (Å²) in [5.41, 5.74) is 2.03. The maximum Gasteiger partial charge on any atom is 0.0986 e. The molecule has 2 nitrogen and oxygen atoms in total. The third kappa shape index (κ3) is 3.50. The molecule has 1 heterocycles. The van der Waals surface area contributed by atoms with Gasteiger partial charge in [0.15, 0.2) is 0 Å². The quantitative estimate of drug-likeness (QED) is 0.788. The first-order valence-electron chi connectivity index (χ1n) is 4.78. The molecule has 0 aliphatic heterocycles. The molecule has 0 amide bonds. The van der Waals surface area contributed by atoms with Gasteiger partial charge in [0.2, 0.25) is 0 Å². The first-order valence-corrected chi connectivity index (χ1v) is 5.53. The molecule has 0 aliphatic rings. The fourth-order valence-electron chi connectivity index (χ4n) is 1.45. The normalized spacial score (nSPS) is 11.1. The SMILES string of the molecule is CC(=Cn1ccnc1)c1ccc(Cl)cc1Cl.Cl. The third-order valence-corrected chi connectivity index (χ3v) is 2.77. The van der Waals surface area contributed by atoms with Crippen molar-refractivity contribution in [2.24, 2.45) is 0 Å². The van der Waals surface area contributed by atoms with Gasteiger partial charge in [0, 0.05) is 28.6 Å². The van der Waals surface area contributed by atoms with Crippen molar-refractivity contribution in [3.63, 3.8) is 0 Å². The summed E-state index contributed by atoms with van der Waals surface area (Å²) in [6.07, 6.45) is 7.29. The summed E-state index contributed by atoms with van der Waals surface area (Å²) in [5, 5.41) is 1.30. The molecule has 0 saturated heterocycles. The van der Waals surface area contributed by atoms with E-state index in [1.165, 1.54) is 0 Å². The van der Waals surface area contributed by atoms with Crippen LogP contribution >= 0.6 is 35.6 Å². The number of hydrogen-bond acceptors (Lipinski definition) is 1. The number of halogens is 3. The van der Waals surface area contributed by atoms with Crippen LogP contribution in [0.3, 0.4) is 0 Å². The van der Waals surface area contributed by atoms with E-state index in [1.54, 1.807) is 18.6 Å². The highest BCUT2D eigenvalue weighted by Gasteiger charge is 2.03. The Kier molecular flexibility index (Phi) is 5.06. The monoisotopic (exact) mass is 288 g/mol. The smallest absolute Gasteiger partial charge is 0.0986 e. The Hall–Kier alpha value is -0.960. The molecule has 0 N–H and O–H groups in total. The molecule has 90 valence electrons. The summed E-state index contributed by atoms with van der Waals surface area (Å²) in [6.45, 7) is 2.00. The zero-order chi connectivity index (χ0) is 11.5. The highest BCUT2D eigenvalue weighted by Crippen LogP contribution is 2.27. The molecule has 0 bridgehead atoms. The van der Waals surface area contributed by atoms with Crippen LogP contribution < -0.4 is 0 Å². The molecule has 5 heteroatoms. The van der Waals surface area contributed by atoms with Crippen LogP contribution in [0.2, 0.25) is 10.0 Å². The number of rotatable bonds is 2. The summed E-state index contributed by atoms with van der Waals surface area (Å²) < 4.78 is 1.88. The molecule has 1 aromatic heterocycles. The molecule has 0 spiro atoms. The topological polar surface area (TPSA) is 17.8 Å². The van der Waals surface area contributed by atoms with E-state index in [2.05, 4.69) is 4.98 Å². The average molecular weight is 290 g/mol. The number of benzene rings is 1. The summed E-state index contributed by atoms with van der Waals surface area (Å²) in [4.78, 5) is 3.97. The Morgan fingerprint density at radius 2 is 2.12 bits per heavy atom. The molecule has 0 aliphatic carbocycles. The lowest BCUT2D eigenvalue weighted by Gasteiger charge is -2.05. The largest absolute Gasteiger partial charge is 0.313 e. The average Bonchev–Trinajstić information content (AvgIpc) is 2.70. The molecular weight excluding hydrogens is 279 g/mol. The zero-order valence-corrected chi connectivity index (χ0v) is 11.4. The van der Waals surface area contributed by atoms with Crippen molar-refractivity contribution in [3.05, 3.63) is 52.5 Å². The van der Waals surface area contributed by atoms with Crippen molar-refractivity contribution >= 4 is 47.4 Å². The van der Waals surface area contributed by atoms with Crippen molar-refractivity contribution in [2.45, 2.75) is 6.92 Å². The Morgan fingerprint density at radius 3 is 2.71 bits per heavy atom. The van der Waals surface area contributed by atoms with Crippen LogP contribution in [0.1, 0.15) is 12.5 Å². The van der Waals surface area contributed by atoms with Gasteiger partial charge in [-0.2, -0.15) is 0 Å². The van der Waals surface area contributed by atoms with Gasteiger partial charge in [-0.15, -0.1) is 12.4 Å². The molecule has 2 aromatic rings. The fourth-order valence-corrected chi connectivity index (χ4v) is 2.01. The minimum atomic E-state index is 0. The maximum absolute atomic E-state index is 6.11. The van der Waals surface area contributed by atoms with Crippen molar-refractivity contribution < 1.29 is 0 Å². The number of allylic oxidation sites excluding steroid dienone is 1. The first kappa shape index (κ1) is 14.1. The molecule has 2 rings (SSSR count). The van der Waals surface area contributed by atoms with Crippen LogP contribution in [0.25, 0.3) is 11.8 Å². The van der Waals surface area contributed by atoms with Gasteiger partial charge < -0.3 is 4.57 Å². The number of nitrogens with zero attached hydrogens (tertiary/aromatic N) is 2. The minimum absolute atomic E-state index is 0. The molecule has 0 unspecified atom stereocenters. The van der Waals surface area contributed by atoms with E-state index >= 15 is 0 Å². The lowest BCUT2D eigenvalue weighted by atomic mass is 10.1. The molecular formula is C12H11Cl3N2. The minimum Gasteiger partial charge on any atom is -0.313 e. The Labute approximate surface area is 116 Å². The first-order chi connectivity index (χ1) is 7.66. The van der Waals surface area contributed by atoms with Crippen LogP contribution in [-0.4, -0.2) is 9.55 Å². The highest BCUT2D eigenvalue weighted by molar-refractivity contribution is 6.35. The van der Waals surface area contributed by atoms with E-state index in [1.807, 2.05) is 36.0 Å². The maximum atomic E-state index is 6.11. The van der Waals surface area contributed by atoms with Crippen LogP contribution in [0.5, 0.6) is 0 Å². The summed E-state index contributed by atoms with van der Waals surface area (Å²) in [5.74, 6) is 0. The number of imidazole rings is 1. The van der Waals surface area contributed by atoms with E-state index in [9.17, 15) is 0 Å². The molecule has 1 aromatic carbocycles. The van der Waals surface area contributed by atoms with Crippen molar-refractivity contribution in [1.82, 2.24) is 9.55 Å². The highest BCUT2D eigenvalue weighted by atomic mass is 35.5. The molecule has 0 atom stereocenters. The van der Waals surface area contributed by atoms with Crippen molar-refractivity contribution in [2.75, 3.05) is 0 Å². The van der Waals surface area contributed by atoms with Gasteiger partial charge in [-0.3, -0.25) is 0 Å². The van der Waals surface area contributed by atoms with Crippen molar-refractivity contribution in [3.8, 4) is 0 Å². The van der Waals surface area contributed by atoms with Crippen LogP contribution in [-0.2, 0) is 0 Å². The van der Waals surface area contributed by atoms with Gasteiger partial charge in [0.1, 0.15) is 0 Å². The summed E-state index contributed by atoms with van der Waals surface area (Å²) in [6, 6.07) is 5.48. The second-order valence-corrected chi connectivity index (χ2v) is 4.29. The predicted octanol–water partition coefficient (Wildman–Crippen LogP) is 4.63. The van der Waals surface area contributed by atoms with Gasteiger partial charge in [-0.05, 0) is 30.2 Å². The lowest BCUT2D eigenvalue weighted by Crippen LogP contribution is -1.86. The van der Waals surface area contributed by atoms with Crippen LogP contribution in [0, 0.1) is 0 Å². The lowest BCUT2D eigenvalue weighted by molar-refractivity contribution is 1.14. The zero-order valence-electron chi connectivity index (χ0n) is 9.10. The van der Waals surface area contributed by atoms with Crippen LogP contribution in [0.15, 0.2) is 36.9 Å². The van der Waals surface area contributed by atoms with E-state index in [4.69, 9.17) is 23.2 Å². The molecule has 0 radical (unpaired) electrons. The fraction of sp³-hybridized carbons (Fsp3) is 0.0833. The standard InChI is InChI=1S/C12H10Cl2N2.ClH/c1-9(7-16-5-4-15-8-16)11-3-2-10(13)6-12(11)14;/h2-8H,1H3;1H. The molecule has 17 heavy (non-hydrogen) atoms. The van der Waals surface area contributed by atoms with E-state index < -0.39 is 0 Å². The second-order valence-electron chi connectivity index (χ2n) is 3.45. The second kappa shape index (κ2) is 6.10. The summed E-state index contributed by atoms with van der Waals surface area (Å²) >= 11 is 12.0.